The topological polar surface area (TPSA) is 91.1 Å². The standard InChI is InChI=1S/C18H22N6O3S/c1-21-13(10-15(25)22(2)18(21)26)12-28-17-20-19-16(23-7-3-4-8-23)24(17)11-14-6-5-9-27-14/h5-6,9-10H,3-4,7-8,11-12H2,1-2H3. The molecule has 0 aliphatic carbocycles. The van der Waals surface area contributed by atoms with Crippen molar-refractivity contribution in [1.82, 2.24) is 23.9 Å². The van der Waals surface area contributed by atoms with Crippen LogP contribution in [0.3, 0.4) is 0 Å². The molecule has 1 fully saturated rings. The molecule has 0 amide bonds. The van der Waals surface area contributed by atoms with E-state index in [1.165, 1.54) is 29.4 Å². The summed E-state index contributed by atoms with van der Waals surface area (Å²) in [5.41, 5.74) is -0.000197. The lowest BCUT2D eigenvalue weighted by Crippen LogP contribution is -2.37. The molecule has 10 heteroatoms. The largest absolute Gasteiger partial charge is 0.467 e. The monoisotopic (exact) mass is 402 g/mol. The highest BCUT2D eigenvalue weighted by atomic mass is 32.2. The summed E-state index contributed by atoms with van der Waals surface area (Å²) in [4.78, 5) is 26.3. The minimum atomic E-state index is -0.335. The van der Waals surface area contributed by atoms with Crippen LogP contribution in [0.1, 0.15) is 24.3 Å². The van der Waals surface area contributed by atoms with E-state index in [0.717, 1.165) is 47.4 Å². The highest BCUT2D eigenvalue weighted by Gasteiger charge is 2.22. The van der Waals surface area contributed by atoms with Gasteiger partial charge in [-0.2, -0.15) is 0 Å². The van der Waals surface area contributed by atoms with E-state index in [4.69, 9.17) is 4.42 Å². The first-order chi connectivity index (χ1) is 13.5. The first-order valence-corrected chi connectivity index (χ1v) is 10.1. The molecule has 9 nitrogen and oxygen atoms in total. The predicted molar refractivity (Wildman–Crippen MR) is 106 cm³/mol. The summed E-state index contributed by atoms with van der Waals surface area (Å²) in [5, 5.41) is 9.50. The number of aromatic nitrogens is 5. The molecule has 0 N–H and O–H groups in total. The molecule has 1 saturated heterocycles. The Kier molecular flexibility index (Phi) is 5.12. The minimum Gasteiger partial charge on any atom is -0.467 e. The van der Waals surface area contributed by atoms with E-state index >= 15 is 0 Å². The molecule has 3 aromatic rings. The van der Waals surface area contributed by atoms with Gasteiger partial charge in [-0.3, -0.25) is 18.5 Å². The van der Waals surface area contributed by atoms with Crippen molar-refractivity contribution in [1.29, 1.82) is 0 Å². The molecule has 0 saturated carbocycles. The average molecular weight is 402 g/mol. The van der Waals surface area contributed by atoms with Gasteiger partial charge in [0.2, 0.25) is 5.95 Å². The first-order valence-electron chi connectivity index (χ1n) is 9.14. The molecule has 3 aromatic heterocycles. The van der Waals surface area contributed by atoms with E-state index in [9.17, 15) is 9.59 Å². The van der Waals surface area contributed by atoms with Gasteiger partial charge in [0.15, 0.2) is 5.16 Å². The van der Waals surface area contributed by atoms with Crippen LogP contribution in [-0.2, 0) is 26.4 Å². The summed E-state index contributed by atoms with van der Waals surface area (Å²) in [6.45, 7) is 2.46. The Hall–Kier alpha value is -2.75. The van der Waals surface area contributed by atoms with Crippen molar-refractivity contribution < 1.29 is 4.42 Å². The number of nitrogens with zero attached hydrogens (tertiary/aromatic N) is 6. The van der Waals surface area contributed by atoms with Crippen LogP contribution in [0.25, 0.3) is 0 Å². The van der Waals surface area contributed by atoms with Crippen LogP contribution in [0.2, 0.25) is 0 Å². The second-order valence-electron chi connectivity index (χ2n) is 6.81. The minimum absolute atomic E-state index is 0.312. The molecular weight excluding hydrogens is 380 g/mol. The second kappa shape index (κ2) is 7.70. The van der Waals surface area contributed by atoms with E-state index < -0.39 is 0 Å². The third-order valence-corrected chi connectivity index (χ3v) is 5.96. The van der Waals surface area contributed by atoms with Crippen molar-refractivity contribution in [2.75, 3.05) is 18.0 Å². The summed E-state index contributed by atoms with van der Waals surface area (Å²) in [7, 11) is 3.14. The zero-order chi connectivity index (χ0) is 19.7. The molecule has 0 atom stereocenters. The van der Waals surface area contributed by atoms with Gasteiger partial charge in [-0.15, -0.1) is 10.2 Å². The molecule has 0 unspecified atom stereocenters. The third-order valence-electron chi connectivity index (χ3n) is 4.95. The molecule has 28 heavy (non-hydrogen) atoms. The fourth-order valence-electron chi connectivity index (χ4n) is 3.29. The Balaban J connectivity index is 1.62. The number of rotatable bonds is 6. The van der Waals surface area contributed by atoms with Gasteiger partial charge in [-0.05, 0) is 25.0 Å². The molecule has 0 spiro atoms. The SMILES string of the molecule is Cn1c(CSc2nnc(N3CCCC3)n2Cc2ccco2)cc(=O)n(C)c1=O. The molecule has 0 bridgehead atoms. The summed E-state index contributed by atoms with van der Waals surface area (Å²) in [5.74, 6) is 2.09. The predicted octanol–water partition coefficient (Wildman–Crippen LogP) is 1.21. The number of furan rings is 1. The summed E-state index contributed by atoms with van der Waals surface area (Å²) in [6.07, 6.45) is 3.94. The van der Waals surface area contributed by atoms with Gasteiger partial charge in [0, 0.05) is 44.7 Å². The fourth-order valence-corrected chi connectivity index (χ4v) is 4.25. The molecule has 0 aromatic carbocycles. The zero-order valence-corrected chi connectivity index (χ0v) is 16.7. The van der Waals surface area contributed by atoms with E-state index in [2.05, 4.69) is 15.1 Å². The summed E-state index contributed by atoms with van der Waals surface area (Å²) >= 11 is 1.45. The van der Waals surface area contributed by atoms with Crippen LogP contribution in [0.5, 0.6) is 0 Å². The Morgan fingerprint density at radius 1 is 1.14 bits per heavy atom. The maximum atomic E-state index is 12.1. The average Bonchev–Trinajstić information content (AvgIpc) is 3.44. The third kappa shape index (κ3) is 3.51. The zero-order valence-electron chi connectivity index (χ0n) is 15.9. The second-order valence-corrected chi connectivity index (χ2v) is 7.75. The van der Waals surface area contributed by atoms with Crippen molar-refractivity contribution >= 4 is 17.7 Å². The molecule has 1 aliphatic heterocycles. The molecule has 0 radical (unpaired) electrons. The van der Waals surface area contributed by atoms with Crippen molar-refractivity contribution in [2.24, 2.45) is 14.1 Å². The Morgan fingerprint density at radius 2 is 1.93 bits per heavy atom. The quantitative estimate of drug-likeness (QED) is 0.572. The number of thioether (sulfide) groups is 1. The fraction of sp³-hybridized carbons (Fsp3) is 0.444. The van der Waals surface area contributed by atoms with Gasteiger partial charge < -0.3 is 9.32 Å². The van der Waals surface area contributed by atoms with E-state index in [1.54, 1.807) is 13.3 Å². The van der Waals surface area contributed by atoms with Crippen LogP contribution in [0.15, 0.2) is 43.6 Å². The highest BCUT2D eigenvalue weighted by molar-refractivity contribution is 7.98. The summed E-state index contributed by atoms with van der Waals surface area (Å²) < 4.78 is 10.1. The summed E-state index contributed by atoms with van der Waals surface area (Å²) in [6, 6.07) is 5.27. The molecule has 4 rings (SSSR count). The van der Waals surface area contributed by atoms with Crippen LogP contribution in [0, 0.1) is 0 Å². The van der Waals surface area contributed by atoms with Gasteiger partial charge in [0.25, 0.3) is 5.56 Å². The Bertz CT molecular complexity index is 1080. The molecule has 4 heterocycles. The van der Waals surface area contributed by atoms with Crippen LogP contribution in [-0.4, -0.2) is 37.0 Å². The molecule has 148 valence electrons. The van der Waals surface area contributed by atoms with Crippen LogP contribution < -0.4 is 16.1 Å². The lowest BCUT2D eigenvalue weighted by molar-refractivity contribution is 0.483. The van der Waals surface area contributed by atoms with E-state index in [-0.39, 0.29) is 11.2 Å². The van der Waals surface area contributed by atoms with Gasteiger partial charge in [0.05, 0.1) is 12.8 Å². The normalized spacial score (nSPS) is 14.1. The van der Waals surface area contributed by atoms with Crippen LogP contribution in [0.4, 0.5) is 5.95 Å². The number of hydrogen-bond donors (Lipinski definition) is 0. The molecule has 1 aliphatic rings. The van der Waals surface area contributed by atoms with Crippen LogP contribution >= 0.6 is 11.8 Å². The number of anilines is 1. The maximum Gasteiger partial charge on any atom is 0.330 e. The number of hydrogen-bond acceptors (Lipinski definition) is 7. The van der Waals surface area contributed by atoms with E-state index in [0.29, 0.717) is 18.0 Å². The maximum absolute atomic E-state index is 12.1. The van der Waals surface area contributed by atoms with Crippen molar-refractivity contribution in [2.45, 2.75) is 30.3 Å². The molecular formula is C18H22N6O3S. The first kappa shape index (κ1) is 18.6. The van der Waals surface area contributed by atoms with Gasteiger partial charge in [-0.25, -0.2) is 4.79 Å². The van der Waals surface area contributed by atoms with Crippen molar-refractivity contribution in [3.8, 4) is 0 Å². The lowest BCUT2D eigenvalue weighted by Gasteiger charge is -2.17. The Labute approximate surface area is 165 Å². The van der Waals surface area contributed by atoms with E-state index in [1.807, 2.05) is 16.7 Å². The van der Waals surface area contributed by atoms with Gasteiger partial charge in [-0.1, -0.05) is 11.8 Å². The van der Waals surface area contributed by atoms with Gasteiger partial charge >= 0.3 is 5.69 Å². The van der Waals surface area contributed by atoms with Crippen molar-refractivity contribution in [3.63, 3.8) is 0 Å². The Morgan fingerprint density at radius 3 is 2.64 bits per heavy atom. The van der Waals surface area contributed by atoms with Crippen molar-refractivity contribution in [3.05, 3.63) is 56.8 Å². The lowest BCUT2D eigenvalue weighted by atomic mass is 10.4. The van der Waals surface area contributed by atoms with Gasteiger partial charge in [0.1, 0.15) is 5.76 Å². The highest BCUT2D eigenvalue weighted by Crippen LogP contribution is 2.27. The smallest absolute Gasteiger partial charge is 0.330 e.